The molecule has 0 spiro atoms. The second kappa shape index (κ2) is 10.9. The zero-order valence-electron chi connectivity index (χ0n) is 14.0. The lowest BCUT2D eigenvalue weighted by Crippen LogP contribution is -2.39. The van der Waals surface area contributed by atoms with Crippen molar-refractivity contribution in [2.24, 2.45) is 4.99 Å². The van der Waals surface area contributed by atoms with E-state index in [0.717, 1.165) is 18.1 Å². The molecule has 1 aromatic carbocycles. The molecule has 4 nitrogen and oxygen atoms in total. The monoisotopic (exact) mass is 479 g/mol. The normalized spacial score (nSPS) is 12.4. The summed E-state index contributed by atoms with van der Waals surface area (Å²) in [6, 6.07) is 12.0. The maximum absolute atomic E-state index is 6.04. The third kappa shape index (κ3) is 6.58. The van der Waals surface area contributed by atoms with Gasteiger partial charge in [-0.15, -0.1) is 35.3 Å². The topological polar surface area (TPSA) is 45.7 Å². The Balaban J connectivity index is 0.00000288. The van der Waals surface area contributed by atoms with Crippen LogP contribution in [0.25, 0.3) is 0 Å². The molecular weight excluding hydrogens is 457 g/mol. The Labute approximate surface area is 169 Å². The van der Waals surface area contributed by atoms with Crippen molar-refractivity contribution in [3.05, 3.63) is 56.7 Å². The molecule has 24 heavy (non-hydrogen) atoms. The zero-order valence-corrected chi connectivity index (χ0v) is 17.9. The lowest BCUT2D eigenvalue weighted by Gasteiger charge is -2.18. The van der Waals surface area contributed by atoms with Gasteiger partial charge >= 0.3 is 0 Å². The summed E-state index contributed by atoms with van der Waals surface area (Å²) in [6.07, 6.45) is -0.0868. The molecule has 0 saturated heterocycles. The summed E-state index contributed by atoms with van der Waals surface area (Å²) < 4.78 is 5.55. The second-order valence-corrected chi connectivity index (χ2v) is 6.91. The Morgan fingerprint density at radius 2 is 2.08 bits per heavy atom. The highest BCUT2D eigenvalue weighted by atomic mass is 127. The van der Waals surface area contributed by atoms with E-state index in [1.54, 1.807) is 25.5 Å². The summed E-state index contributed by atoms with van der Waals surface area (Å²) in [7, 11) is 3.45. The van der Waals surface area contributed by atoms with E-state index in [1.165, 1.54) is 9.75 Å². The highest BCUT2D eigenvalue weighted by molar-refractivity contribution is 14.0. The molecule has 1 heterocycles. The molecule has 2 aromatic rings. The second-order valence-electron chi connectivity index (χ2n) is 5.10. The van der Waals surface area contributed by atoms with Gasteiger partial charge in [-0.2, -0.15) is 0 Å². The molecule has 0 saturated carbocycles. The van der Waals surface area contributed by atoms with Crippen molar-refractivity contribution in [2.45, 2.75) is 19.6 Å². The fraction of sp³-hybridized carbons (Fsp3) is 0.353. The molecule has 1 unspecified atom stereocenters. The van der Waals surface area contributed by atoms with E-state index in [4.69, 9.17) is 16.3 Å². The number of benzene rings is 1. The molecule has 132 valence electrons. The number of nitrogens with one attached hydrogen (secondary N) is 2. The van der Waals surface area contributed by atoms with E-state index in [-0.39, 0.29) is 30.1 Å². The van der Waals surface area contributed by atoms with Crippen LogP contribution in [0.3, 0.4) is 0 Å². The van der Waals surface area contributed by atoms with Crippen LogP contribution in [0, 0.1) is 6.92 Å². The number of aryl methyl sites for hydroxylation is 1. The van der Waals surface area contributed by atoms with Crippen molar-refractivity contribution < 1.29 is 4.74 Å². The molecule has 1 aromatic heterocycles. The molecule has 0 aliphatic carbocycles. The van der Waals surface area contributed by atoms with Crippen LogP contribution in [0.1, 0.15) is 21.4 Å². The quantitative estimate of drug-likeness (QED) is 0.367. The molecule has 2 rings (SSSR count). The van der Waals surface area contributed by atoms with Gasteiger partial charge < -0.3 is 15.4 Å². The molecule has 7 heteroatoms. The van der Waals surface area contributed by atoms with Gasteiger partial charge in [-0.05, 0) is 36.8 Å². The maximum atomic E-state index is 6.04. The van der Waals surface area contributed by atoms with Gasteiger partial charge in [-0.1, -0.05) is 23.7 Å². The van der Waals surface area contributed by atoms with E-state index in [0.29, 0.717) is 11.6 Å². The average molecular weight is 480 g/mol. The third-order valence-corrected chi connectivity index (χ3v) is 4.65. The van der Waals surface area contributed by atoms with Gasteiger partial charge in [0.05, 0.1) is 12.6 Å². The summed E-state index contributed by atoms with van der Waals surface area (Å²) in [5, 5.41) is 7.31. The minimum Gasteiger partial charge on any atom is -0.375 e. The lowest BCUT2D eigenvalue weighted by molar-refractivity contribution is 0.106. The van der Waals surface area contributed by atoms with E-state index < -0.39 is 0 Å². The molecule has 0 amide bonds. The van der Waals surface area contributed by atoms with Crippen LogP contribution in [0.15, 0.2) is 41.4 Å². The number of halogens is 2. The van der Waals surface area contributed by atoms with Gasteiger partial charge in [0.15, 0.2) is 5.96 Å². The van der Waals surface area contributed by atoms with Crippen LogP contribution in [0.5, 0.6) is 0 Å². The minimum absolute atomic E-state index is 0. The maximum Gasteiger partial charge on any atom is 0.191 e. The summed E-state index contributed by atoms with van der Waals surface area (Å²) >= 11 is 7.83. The Morgan fingerprint density at radius 3 is 2.67 bits per heavy atom. The highest BCUT2D eigenvalue weighted by Gasteiger charge is 2.11. The molecule has 2 N–H and O–H groups in total. The Kier molecular flexibility index (Phi) is 9.65. The van der Waals surface area contributed by atoms with Crippen LogP contribution >= 0.6 is 46.9 Å². The Morgan fingerprint density at radius 1 is 1.29 bits per heavy atom. The number of rotatable bonds is 6. The average Bonchev–Trinajstić information content (AvgIpc) is 2.96. The number of hydrogen-bond donors (Lipinski definition) is 2. The van der Waals surface area contributed by atoms with Gasteiger partial charge in [0.2, 0.25) is 0 Å². The fourth-order valence-electron chi connectivity index (χ4n) is 2.21. The molecule has 0 radical (unpaired) electrons. The molecule has 0 aliphatic rings. The van der Waals surface area contributed by atoms with Gasteiger partial charge in [0.25, 0.3) is 0 Å². The van der Waals surface area contributed by atoms with Gasteiger partial charge in [0, 0.05) is 35.5 Å². The number of ether oxygens (including phenoxy) is 1. The van der Waals surface area contributed by atoms with Crippen LogP contribution < -0.4 is 10.6 Å². The zero-order chi connectivity index (χ0) is 16.7. The standard InChI is InChI=1S/C17H22ClN3OS.HI/c1-12-7-8-15(23-12)10-20-17(19-2)21-11-16(22-3)13-5-4-6-14(18)9-13;/h4-9,16H,10-11H2,1-3H3,(H2,19,20,21);1H. The first-order valence-corrected chi connectivity index (χ1v) is 8.60. The highest BCUT2D eigenvalue weighted by Crippen LogP contribution is 2.19. The minimum atomic E-state index is -0.0868. The van der Waals surface area contributed by atoms with Crippen molar-refractivity contribution in [1.29, 1.82) is 0 Å². The predicted octanol–water partition coefficient (Wildman–Crippen LogP) is 4.38. The first-order valence-electron chi connectivity index (χ1n) is 7.40. The number of aliphatic imine (C=N–C) groups is 1. The molecule has 1 atom stereocenters. The molecule has 0 aliphatic heterocycles. The van der Waals surface area contributed by atoms with Crippen LogP contribution in [0.2, 0.25) is 5.02 Å². The Hall–Kier alpha value is -0.830. The van der Waals surface area contributed by atoms with Gasteiger partial charge in [-0.3, -0.25) is 4.99 Å². The van der Waals surface area contributed by atoms with Crippen LogP contribution in [0.4, 0.5) is 0 Å². The fourth-order valence-corrected chi connectivity index (χ4v) is 3.23. The lowest BCUT2D eigenvalue weighted by atomic mass is 10.1. The largest absolute Gasteiger partial charge is 0.375 e. The van der Waals surface area contributed by atoms with Crippen molar-refractivity contribution in [3.8, 4) is 0 Å². The first-order chi connectivity index (χ1) is 11.1. The van der Waals surface area contributed by atoms with Crippen LogP contribution in [-0.2, 0) is 11.3 Å². The van der Waals surface area contributed by atoms with E-state index >= 15 is 0 Å². The summed E-state index contributed by atoms with van der Waals surface area (Å²) in [4.78, 5) is 6.84. The van der Waals surface area contributed by atoms with Crippen molar-refractivity contribution >= 4 is 52.9 Å². The van der Waals surface area contributed by atoms with Crippen LogP contribution in [-0.4, -0.2) is 26.7 Å². The van der Waals surface area contributed by atoms with Crippen molar-refractivity contribution in [2.75, 3.05) is 20.7 Å². The number of nitrogens with zero attached hydrogens (tertiary/aromatic N) is 1. The molecule has 0 fully saturated rings. The smallest absolute Gasteiger partial charge is 0.191 e. The van der Waals surface area contributed by atoms with E-state index in [9.17, 15) is 0 Å². The third-order valence-electron chi connectivity index (χ3n) is 3.41. The van der Waals surface area contributed by atoms with Gasteiger partial charge in [0.1, 0.15) is 0 Å². The predicted molar refractivity (Wildman–Crippen MR) is 114 cm³/mol. The van der Waals surface area contributed by atoms with Gasteiger partial charge in [-0.25, -0.2) is 0 Å². The van der Waals surface area contributed by atoms with E-state index in [2.05, 4.69) is 34.7 Å². The number of thiophene rings is 1. The van der Waals surface area contributed by atoms with E-state index in [1.807, 2.05) is 24.3 Å². The molecular formula is C17H23ClIN3OS. The SMILES string of the molecule is CN=C(NCc1ccc(C)s1)NCC(OC)c1cccc(Cl)c1.I. The summed E-state index contributed by atoms with van der Waals surface area (Å²) in [6.45, 7) is 3.47. The van der Waals surface area contributed by atoms with Crippen molar-refractivity contribution in [3.63, 3.8) is 0 Å². The number of methoxy groups -OCH3 is 1. The number of guanidine groups is 1. The Bertz CT molecular complexity index is 663. The first kappa shape index (κ1) is 21.2. The number of hydrogen-bond acceptors (Lipinski definition) is 3. The summed E-state index contributed by atoms with van der Waals surface area (Å²) in [5.74, 6) is 0.750. The summed E-state index contributed by atoms with van der Waals surface area (Å²) in [5.41, 5.74) is 1.04. The molecule has 0 bridgehead atoms. The van der Waals surface area contributed by atoms with Crippen molar-refractivity contribution in [1.82, 2.24) is 10.6 Å².